The van der Waals surface area contributed by atoms with Gasteiger partial charge in [0.15, 0.2) is 0 Å². The quantitative estimate of drug-likeness (QED) is 0.371. The third kappa shape index (κ3) is 1.11. The second-order valence-corrected chi connectivity index (χ2v) is 2.83. The fraction of sp³-hybridized carbons (Fsp3) is 0.833. The predicted molar refractivity (Wildman–Crippen MR) is 39.9 cm³/mol. The van der Waals surface area contributed by atoms with Crippen molar-refractivity contribution in [3.8, 4) is 0 Å². The average molecular weight is 159 g/mol. The lowest BCUT2D eigenvalue weighted by atomic mass is 9.71. The SMILES string of the molecule is CNC1C(N)C(N)C1C(=O)O. The molecule has 6 N–H and O–H groups in total. The fourth-order valence-corrected chi connectivity index (χ4v) is 1.50. The summed E-state index contributed by atoms with van der Waals surface area (Å²) >= 11 is 0. The summed E-state index contributed by atoms with van der Waals surface area (Å²) in [6, 6.07) is -0.825. The molecule has 0 aromatic carbocycles. The van der Waals surface area contributed by atoms with Gasteiger partial charge in [0.1, 0.15) is 0 Å². The van der Waals surface area contributed by atoms with Crippen molar-refractivity contribution in [3.63, 3.8) is 0 Å². The van der Waals surface area contributed by atoms with E-state index in [0.717, 1.165) is 0 Å². The lowest BCUT2D eigenvalue weighted by molar-refractivity contribution is -0.147. The molecule has 5 nitrogen and oxygen atoms in total. The summed E-state index contributed by atoms with van der Waals surface area (Å²) in [5.74, 6) is -1.41. The highest BCUT2D eigenvalue weighted by molar-refractivity contribution is 5.74. The molecule has 5 heteroatoms. The molecule has 1 aliphatic carbocycles. The van der Waals surface area contributed by atoms with Gasteiger partial charge in [-0.05, 0) is 7.05 Å². The van der Waals surface area contributed by atoms with E-state index in [1.54, 1.807) is 7.05 Å². The van der Waals surface area contributed by atoms with Crippen LogP contribution in [0.25, 0.3) is 0 Å². The molecular formula is C6H13N3O2. The number of carbonyl (C=O) groups is 1. The summed E-state index contributed by atoms with van der Waals surface area (Å²) in [5.41, 5.74) is 11.0. The van der Waals surface area contributed by atoms with Crippen LogP contribution in [0.1, 0.15) is 0 Å². The van der Waals surface area contributed by atoms with Gasteiger partial charge in [0.25, 0.3) is 0 Å². The van der Waals surface area contributed by atoms with Crippen LogP contribution in [0.4, 0.5) is 0 Å². The first-order chi connectivity index (χ1) is 5.09. The Hall–Kier alpha value is -0.650. The Morgan fingerprint density at radius 1 is 1.45 bits per heavy atom. The van der Waals surface area contributed by atoms with Gasteiger partial charge in [-0.2, -0.15) is 0 Å². The molecule has 64 valence electrons. The Kier molecular flexibility index (Phi) is 2.12. The van der Waals surface area contributed by atoms with Crippen LogP contribution in [0.2, 0.25) is 0 Å². The second kappa shape index (κ2) is 2.77. The van der Waals surface area contributed by atoms with E-state index in [9.17, 15) is 4.79 Å². The van der Waals surface area contributed by atoms with Crippen molar-refractivity contribution < 1.29 is 9.90 Å². The summed E-state index contributed by atoms with van der Waals surface area (Å²) in [4.78, 5) is 10.5. The molecule has 0 heterocycles. The lowest BCUT2D eigenvalue weighted by Gasteiger charge is -2.45. The van der Waals surface area contributed by atoms with Gasteiger partial charge in [0, 0.05) is 18.1 Å². The number of hydrogen-bond donors (Lipinski definition) is 4. The van der Waals surface area contributed by atoms with E-state index in [1.165, 1.54) is 0 Å². The summed E-state index contributed by atoms with van der Waals surface area (Å²) in [5, 5.41) is 11.5. The van der Waals surface area contributed by atoms with Crippen LogP contribution < -0.4 is 16.8 Å². The first-order valence-corrected chi connectivity index (χ1v) is 3.51. The summed E-state index contributed by atoms with van der Waals surface area (Å²) in [7, 11) is 1.69. The Morgan fingerprint density at radius 2 is 2.00 bits per heavy atom. The first kappa shape index (κ1) is 8.45. The van der Waals surface area contributed by atoms with Crippen molar-refractivity contribution in [2.24, 2.45) is 17.4 Å². The van der Waals surface area contributed by atoms with Crippen LogP contribution in [-0.4, -0.2) is 36.2 Å². The lowest BCUT2D eigenvalue weighted by Crippen LogP contribution is -2.74. The zero-order valence-electron chi connectivity index (χ0n) is 6.32. The van der Waals surface area contributed by atoms with Crippen molar-refractivity contribution in [2.45, 2.75) is 18.1 Å². The standard InChI is InChI=1S/C6H13N3O2/c1-9-5-2(6(10)11)3(7)4(5)8/h2-5,9H,7-8H2,1H3,(H,10,11). The van der Waals surface area contributed by atoms with Gasteiger partial charge in [-0.3, -0.25) is 4.79 Å². The maximum Gasteiger partial charge on any atom is 0.309 e. The van der Waals surface area contributed by atoms with E-state index >= 15 is 0 Å². The maximum absolute atomic E-state index is 10.5. The van der Waals surface area contributed by atoms with E-state index in [-0.39, 0.29) is 12.1 Å². The van der Waals surface area contributed by atoms with Crippen molar-refractivity contribution in [3.05, 3.63) is 0 Å². The molecule has 0 aromatic heterocycles. The molecule has 0 aliphatic heterocycles. The summed E-state index contributed by atoms with van der Waals surface area (Å²) < 4.78 is 0. The molecule has 0 amide bonds. The van der Waals surface area contributed by atoms with Crippen LogP contribution in [0, 0.1) is 5.92 Å². The van der Waals surface area contributed by atoms with E-state index in [4.69, 9.17) is 16.6 Å². The van der Waals surface area contributed by atoms with Gasteiger partial charge < -0.3 is 21.9 Å². The fourth-order valence-electron chi connectivity index (χ4n) is 1.50. The van der Waals surface area contributed by atoms with Crippen molar-refractivity contribution >= 4 is 5.97 Å². The maximum atomic E-state index is 10.5. The van der Waals surface area contributed by atoms with E-state index in [2.05, 4.69) is 5.32 Å². The van der Waals surface area contributed by atoms with E-state index in [0.29, 0.717) is 0 Å². The van der Waals surface area contributed by atoms with Gasteiger partial charge in [0.05, 0.1) is 5.92 Å². The van der Waals surface area contributed by atoms with Crippen molar-refractivity contribution in [1.82, 2.24) is 5.32 Å². The van der Waals surface area contributed by atoms with Crippen LogP contribution >= 0.6 is 0 Å². The van der Waals surface area contributed by atoms with Gasteiger partial charge >= 0.3 is 5.97 Å². The number of aliphatic carboxylic acids is 1. The van der Waals surface area contributed by atoms with E-state index < -0.39 is 17.9 Å². The molecule has 0 radical (unpaired) electrons. The monoisotopic (exact) mass is 159 g/mol. The number of rotatable bonds is 2. The molecule has 0 saturated heterocycles. The third-order valence-corrected chi connectivity index (χ3v) is 2.28. The zero-order valence-corrected chi connectivity index (χ0v) is 6.32. The number of likely N-dealkylation sites (N-methyl/N-ethyl adjacent to an activating group) is 1. The molecular weight excluding hydrogens is 146 g/mol. The van der Waals surface area contributed by atoms with Gasteiger partial charge in [-0.25, -0.2) is 0 Å². The Labute approximate surface area is 64.7 Å². The van der Waals surface area contributed by atoms with Crippen LogP contribution in [0.5, 0.6) is 0 Å². The predicted octanol–water partition coefficient (Wildman–Crippen LogP) is -2.06. The minimum atomic E-state index is -0.876. The number of nitrogens with two attached hydrogens (primary N) is 2. The molecule has 1 fully saturated rings. The molecule has 11 heavy (non-hydrogen) atoms. The van der Waals surface area contributed by atoms with E-state index in [1.807, 2.05) is 0 Å². The van der Waals surface area contributed by atoms with Gasteiger partial charge in [-0.15, -0.1) is 0 Å². The van der Waals surface area contributed by atoms with Crippen molar-refractivity contribution in [2.75, 3.05) is 7.05 Å². The van der Waals surface area contributed by atoms with Crippen LogP contribution in [0.3, 0.4) is 0 Å². The van der Waals surface area contributed by atoms with Crippen LogP contribution in [-0.2, 0) is 4.79 Å². The largest absolute Gasteiger partial charge is 0.481 e. The molecule has 1 aliphatic rings. The minimum Gasteiger partial charge on any atom is -0.481 e. The zero-order chi connectivity index (χ0) is 8.59. The Morgan fingerprint density at radius 3 is 2.27 bits per heavy atom. The minimum absolute atomic E-state index is 0.178. The smallest absolute Gasteiger partial charge is 0.309 e. The highest BCUT2D eigenvalue weighted by Crippen LogP contribution is 2.25. The third-order valence-electron chi connectivity index (χ3n) is 2.28. The number of carboxylic acid groups (broad SMARTS) is 1. The Balaban J connectivity index is 2.60. The molecule has 1 rings (SSSR count). The highest BCUT2D eigenvalue weighted by Gasteiger charge is 2.49. The van der Waals surface area contributed by atoms with Crippen LogP contribution in [0.15, 0.2) is 0 Å². The highest BCUT2D eigenvalue weighted by atomic mass is 16.4. The number of carboxylic acids is 1. The molecule has 4 atom stereocenters. The second-order valence-electron chi connectivity index (χ2n) is 2.83. The number of nitrogens with one attached hydrogen (secondary N) is 1. The topological polar surface area (TPSA) is 101 Å². The normalized spacial score (nSPS) is 43.2. The summed E-state index contributed by atoms with van der Waals surface area (Å²) in [6.07, 6.45) is 0. The molecule has 4 unspecified atom stereocenters. The molecule has 1 saturated carbocycles. The van der Waals surface area contributed by atoms with Gasteiger partial charge in [0.2, 0.25) is 0 Å². The number of hydrogen-bond acceptors (Lipinski definition) is 4. The Bertz CT molecular complexity index is 173. The first-order valence-electron chi connectivity index (χ1n) is 3.51. The molecule has 0 aromatic rings. The summed E-state index contributed by atoms with van der Waals surface area (Å²) in [6.45, 7) is 0. The molecule has 0 bridgehead atoms. The van der Waals surface area contributed by atoms with Crippen molar-refractivity contribution in [1.29, 1.82) is 0 Å². The average Bonchev–Trinajstić information content (AvgIpc) is 1.96. The molecule has 0 spiro atoms. The van der Waals surface area contributed by atoms with Gasteiger partial charge in [-0.1, -0.05) is 0 Å².